The maximum absolute atomic E-state index is 13.6. The molecule has 3 aliphatic rings. The Balaban J connectivity index is 1.44. The standard InChI is InChI=1S/C30H37N3O7/c1-4-39-26-16-25(21-11-10-19(38-3)15-24(21)31-26)40-20-13-22-23(14-20)28(35)33(2)12-8-6-5-7-9-18-17-30(18,29(36)37)32-27(22)34/h7,9-11,15-16,18,20,22-23H,4-6,8,12-14,17H2,1-3H3,(H,32,34)(H,36,37)/b9-7+. The number of amides is 2. The Morgan fingerprint density at radius 3 is 2.75 bits per heavy atom. The number of allylic oxidation sites excluding steroid dienone is 1. The first-order valence-electron chi connectivity index (χ1n) is 14.0. The van der Waals surface area contributed by atoms with Crippen LogP contribution in [-0.4, -0.2) is 71.7 Å². The number of pyridine rings is 1. The van der Waals surface area contributed by atoms with Gasteiger partial charge >= 0.3 is 5.97 Å². The van der Waals surface area contributed by atoms with Crippen LogP contribution >= 0.6 is 0 Å². The molecule has 10 nitrogen and oxygen atoms in total. The number of hydrogen-bond donors (Lipinski definition) is 2. The van der Waals surface area contributed by atoms with Crippen LogP contribution in [0.3, 0.4) is 0 Å². The lowest BCUT2D eigenvalue weighted by atomic mass is 9.93. The third-order valence-corrected chi connectivity index (χ3v) is 8.32. The first-order chi connectivity index (χ1) is 19.3. The molecule has 1 aliphatic heterocycles. The molecule has 0 saturated heterocycles. The van der Waals surface area contributed by atoms with Gasteiger partial charge in [0.2, 0.25) is 17.7 Å². The second kappa shape index (κ2) is 11.3. The number of hydrogen-bond acceptors (Lipinski definition) is 7. The summed E-state index contributed by atoms with van der Waals surface area (Å²) in [6.07, 6.45) is 6.97. The highest BCUT2D eigenvalue weighted by atomic mass is 16.5. The summed E-state index contributed by atoms with van der Waals surface area (Å²) in [5, 5.41) is 13.6. The zero-order valence-electron chi connectivity index (χ0n) is 23.2. The van der Waals surface area contributed by atoms with Crippen molar-refractivity contribution in [3.05, 3.63) is 36.4 Å². The molecule has 40 heavy (non-hydrogen) atoms. The molecule has 1 aromatic heterocycles. The van der Waals surface area contributed by atoms with Crippen LogP contribution < -0.4 is 19.5 Å². The molecular formula is C30H37N3O7. The van der Waals surface area contributed by atoms with E-state index in [4.69, 9.17) is 14.2 Å². The zero-order valence-corrected chi connectivity index (χ0v) is 23.2. The van der Waals surface area contributed by atoms with Gasteiger partial charge in [-0.05, 0) is 57.6 Å². The minimum atomic E-state index is -1.32. The number of aromatic nitrogens is 1. The summed E-state index contributed by atoms with van der Waals surface area (Å²) in [6, 6.07) is 7.21. The van der Waals surface area contributed by atoms with Gasteiger partial charge in [0, 0.05) is 37.0 Å². The summed E-state index contributed by atoms with van der Waals surface area (Å²) in [6.45, 7) is 2.90. The Hall–Kier alpha value is -3.82. The largest absolute Gasteiger partial charge is 0.497 e. The molecule has 5 atom stereocenters. The lowest BCUT2D eigenvalue weighted by Crippen LogP contribution is -2.49. The van der Waals surface area contributed by atoms with Crippen LogP contribution in [0, 0.1) is 17.8 Å². The molecule has 214 valence electrons. The summed E-state index contributed by atoms with van der Waals surface area (Å²) in [7, 11) is 3.35. The first kappa shape index (κ1) is 27.7. The Morgan fingerprint density at radius 2 is 2.00 bits per heavy atom. The predicted molar refractivity (Wildman–Crippen MR) is 147 cm³/mol. The van der Waals surface area contributed by atoms with E-state index in [1.807, 2.05) is 31.2 Å². The van der Waals surface area contributed by atoms with E-state index in [0.717, 1.165) is 24.6 Å². The molecule has 0 spiro atoms. The summed E-state index contributed by atoms with van der Waals surface area (Å²) >= 11 is 0. The van der Waals surface area contributed by atoms with Crippen LogP contribution in [-0.2, 0) is 14.4 Å². The van der Waals surface area contributed by atoms with E-state index in [0.29, 0.717) is 48.9 Å². The molecule has 2 fully saturated rings. The molecule has 5 rings (SSSR count). The van der Waals surface area contributed by atoms with Gasteiger partial charge < -0.3 is 29.5 Å². The lowest BCUT2D eigenvalue weighted by Gasteiger charge is -2.26. The molecule has 10 heteroatoms. The Labute approximate surface area is 233 Å². The number of ether oxygens (including phenoxy) is 3. The highest BCUT2D eigenvalue weighted by Gasteiger charge is 2.61. The van der Waals surface area contributed by atoms with Crippen molar-refractivity contribution >= 4 is 28.7 Å². The van der Waals surface area contributed by atoms with E-state index >= 15 is 0 Å². The maximum Gasteiger partial charge on any atom is 0.330 e. The Kier molecular flexibility index (Phi) is 7.87. The van der Waals surface area contributed by atoms with Gasteiger partial charge in [-0.25, -0.2) is 9.78 Å². The number of rotatable bonds is 6. The summed E-state index contributed by atoms with van der Waals surface area (Å²) in [4.78, 5) is 45.7. The number of nitrogens with one attached hydrogen (secondary N) is 1. The number of fused-ring (bicyclic) bond motifs is 3. The molecule has 2 amide bonds. The summed E-state index contributed by atoms with van der Waals surface area (Å²) in [5.41, 5.74) is -0.676. The molecule has 2 saturated carbocycles. The van der Waals surface area contributed by atoms with E-state index in [-0.39, 0.29) is 18.2 Å². The number of benzene rings is 1. The van der Waals surface area contributed by atoms with E-state index in [2.05, 4.69) is 10.3 Å². The van der Waals surface area contributed by atoms with Gasteiger partial charge in [-0.15, -0.1) is 0 Å². The number of carboxylic acid groups (broad SMARTS) is 1. The quantitative estimate of drug-likeness (QED) is 0.522. The van der Waals surface area contributed by atoms with Gasteiger partial charge in [0.15, 0.2) is 0 Å². The fourth-order valence-electron chi connectivity index (χ4n) is 5.97. The third-order valence-electron chi connectivity index (χ3n) is 8.32. The highest BCUT2D eigenvalue weighted by molar-refractivity contribution is 5.94. The van der Waals surface area contributed by atoms with Crippen LogP contribution in [0.1, 0.15) is 45.4 Å². The van der Waals surface area contributed by atoms with E-state index in [1.165, 1.54) is 0 Å². The first-order valence-corrected chi connectivity index (χ1v) is 14.0. The molecule has 2 aliphatic carbocycles. The third kappa shape index (κ3) is 5.44. The molecule has 0 radical (unpaired) electrons. The number of aliphatic carboxylic acids is 1. The number of methoxy groups -OCH3 is 1. The van der Waals surface area contributed by atoms with Crippen LogP contribution in [0.2, 0.25) is 0 Å². The van der Waals surface area contributed by atoms with Gasteiger partial charge in [-0.3, -0.25) is 9.59 Å². The number of carbonyl (C=O) groups excluding carboxylic acids is 2. The molecule has 2 aromatic rings. The van der Waals surface area contributed by atoms with Crippen LogP contribution in [0.4, 0.5) is 0 Å². The molecule has 2 N–H and O–H groups in total. The van der Waals surface area contributed by atoms with Crippen molar-refractivity contribution in [3.63, 3.8) is 0 Å². The fraction of sp³-hybridized carbons (Fsp3) is 0.533. The van der Waals surface area contributed by atoms with E-state index < -0.39 is 35.4 Å². The minimum Gasteiger partial charge on any atom is -0.497 e. The van der Waals surface area contributed by atoms with Crippen LogP contribution in [0.15, 0.2) is 36.4 Å². The molecule has 5 unspecified atom stereocenters. The fourth-order valence-corrected chi connectivity index (χ4v) is 5.97. The van der Waals surface area contributed by atoms with Crippen molar-refractivity contribution in [1.82, 2.24) is 15.2 Å². The van der Waals surface area contributed by atoms with E-state index in [1.54, 1.807) is 31.2 Å². The van der Waals surface area contributed by atoms with Crippen molar-refractivity contribution in [2.24, 2.45) is 17.8 Å². The summed E-state index contributed by atoms with van der Waals surface area (Å²) < 4.78 is 17.5. The van der Waals surface area contributed by atoms with Gasteiger partial charge in [-0.2, -0.15) is 0 Å². The number of carboxylic acids is 1. The lowest BCUT2D eigenvalue weighted by molar-refractivity contribution is -0.145. The number of carbonyl (C=O) groups is 3. The van der Waals surface area contributed by atoms with Crippen LogP contribution in [0.5, 0.6) is 17.4 Å². The zero-order chi connectivity index (χ0) is 28.4. The van der Waals surface area contributed by atoms with Crippen molar-refractivity contribution in [2.45, 2.75) is 57.1 Å². The number of nitrogens with zero attached hydrogens (tertiary/aromatic N) is 2. The SMILES string of the molecule is CCOc1cc(OC2CC3C(=O)NC4(C(=O)O)CC4/C=C/CCCCN(C)C(=O)C3C2)c2ccc(OC)cc2n1. The molecule has 0 bridgehead atoms. The van der Waals surface area contributed by atoms with Crippen molar-refractivity contribution in [3.8, 4) is 17.4 Å². The van der Waals surface area contributed by atoms with Gasteiger partial charge in [-0.1, -0.05) is 12.2 Å². The molecule has 1 aromatic carbocycles. The van der Waals surface area contributed by atoms with Gasteiger partial charge in [0.25, 0.3) is 0 Å². The normalized spacial score (nSPS) is 29.5. The van der Waals surface area contributed by atoms with Crippen molar-refractivity contribution in [2.75, 3.05) is 27.3 Å². The molecular weight excluding hydrogens is 514 g/mol. The maximum atomic E-state index is 13.6. The van der Waals surface area contributed by atoms with Gasteiger partial charge in [0.1, 0.15) is 23.1 Å². The monoisotopic (exact) mass is 551 g/mol. The highest BCUT2D eigenvalue weighted by Crippen LogP contribution is 2.46. The average molecular weight is 552 g/mol. The minimum absolute atomic E-state index is 0.116. The van der Waals surface area contributed by atoms with Gasteiger partial charge in [0.05, 0.1) is 31.1 Å². The molecule has 2 heterocycles. The average Bonchev–Trinajstić information content (AvgIpc) is 3.47. The van der Waals surface area contributed by atoms with Crippen molar-refractivity contribution < 1.29 is 33.7 Å². The smallest absolute Gasteiger partial charge is 0.330 e. The van der Waals surface area contributed by atoms with Crippen LogP contribution in [0.25, 0.3) is 10.9 Å². The topological polar surface area (TPSA) is 127 Å². The Bertz CT molecular complexity index is 1330. The van der Waals surface area contributed by atoms with E-state index in [9.17, 15) is 19.5 Å². The van der Waals surface area contributed by atoms with Crippen molar-refractivity contribution in [1.29, 1.82) is 0 Å². The second-order valence-electron chi connectivity index (χ2n) is 11.0. The second-order valence-corrected chi connectivity index (χ2v) is 11.0. The summed E-state index contributed by atoms with van der Waals surface area (Å²) in [5.74, 6) is -1.55. The Morgan fingerprint density at radius 1 is 1.20 bits per heavy atom. The predicted octanol–water partition coefficient (Wildman–Crippen LogP) is 3.57.